The van der Waals surface area contributed by atoms with Crippen LogP contribution in [0.1, 0.15) is 19.3 Å². The van der Waals surface area contributed by atoms with Gasteiger partial charge >= 0.3 is 0 Å². The zero-order valence-corrected chi connectivity index (χ0v) is 10.0. The number of rotatable bonds is 2. The van der Waals surface area contributed by atoms with Crippen molar-refractivity contribution >= 4 is 22.5 Å². The molecule has 0 saturated heterocycles. The van der Waals surface area contributed by atoms with Crippen molar-refractivity contribution in [1.82, 2.24) is 4.98 Å². The zero-order chi connectivity index (χ0) is 12.4. The van der Waals surface area contributed by atoms with Gasteiger partial charge in [-0.25, -0.2) is 0 Å². The van der Waals surface area contributed by atoms with Gasteiger partial charge in [-0.3, -0.25) is 9.78 Å². The van der Waals surface area contributed by atoms with Gasteiger partial charge < -0.3 is 5.32 Å². The molecule has 0 aliphatic heterocycles. The largest absolute Gasteiger partial charge is 0.320 e. The normalized spacial score (nSPS) is 14.6. The average molecular weight is 238 g/mol. The molecule has 3 rings (SSSR count). The number of pyridine rings is 1. The Morgan fingerprint density at radius 2 is 2.11 bits per heavy atom. The topological polar surface area (TPSA) is 42.0 Å². The minimum atomic E-state index is 0.00523. The summed E-state index contributed by atoms with van der Waals surface area (Å²) in [5, 5.41) is 3.99. The van der Waals surface area contributed by atoms with Crippen LogP contribution in [0.3, 0.4) is 0 Å². The number of allylic oxidation sites excluding steroid dienone is 1. The van der Waals surface area contributed by atoms with Crippen LogP contribution < -0.4 is 5.32 Å². The summed E-state index contributed by atoms with van der Waals surface area (Å²) in [5.74, 6) is 0.00523. The van der Waals surface area contributed by atoms with Crippen molar-refractivity contribution in [2.45, 2.75) is 19.3 Å². The van der Waals surface area contributed by atoms with Crippen molar-refractivity contribution in [3.63, 3.8) is 0 Å². The van der Waals surface area contributed by atoms with E-state index < -0.39 is 0 Å². The standard InChI is InChI=1S/C15H14N2O/c18-15(12-5-1-2-6-12)17-13-9-3-7-11-8-4-10-16-14(11)13/h3-5,7-10H,1-2,6H2,(H,17,18). The van der Waals surface area contributed by atoms with E-state index in [1.807, 2.05) is 36.4 Å². The quantitative estimate of drug-likeness (QED) is 0.872. The van der Waals surface area contributed by atoms with Crippen molar-refractivity contribution in [3.05, 3.63) is 48.2 Å². The Hall–Kier alpha value is -2.16. The maximum atomic E-state index is 12.1. The second-order valence-electron chi connectivity index (χ2n) is 4.46. The van der Waals surface area contributed by atoms with Crippen molar-refractivity contribution in [3.8, 4) is 0 Å². The van der Waals surface area contributed by atoms with Crippen LogP contribution in [0.25, 0.3) is 10.9 Å². The number of nitrogens with one attached hydrogen (secondary N) is 1. The van der Waals surface area contributed by atoms with Gasteiger partial charge in [0, 0.05) is 17.2 Å². The number of para-hydroxylation sites is 1. The summed E-state index contributed by atoms with van der Waals surface area (Å²) in [5.41, 5.74) is 2.51. The number of aromatic nitrogens is 1. The Labute approximate surface area is 106 Å². The van der Waals surface area contributed by atoms with Gasteiger partial charge in [-0.2, -0.15) is 0 Å². The molecular formula is C15H14N2O. The van der Waals surface area contributed by atoms with E-state index in [9.17, 15) is 4.79 Å². The summed E-state index contributed by atoms with van der Waals surface area (Å²) in [7, 11) is 0. The van der Waals surface area contributed by atoms with Gasteiger partial charge in [0.05, 0.1) is 11.2 Å². The highest BCUT2D eigenvalue weighted by atomic mass is 16.1. The average Bonchev–Trinajstić information content (AvgIpc) is 2.93. The minimum Gasteiger partial charge on any atom is -0.320 e. The second kappa shape index (κ2) is 4.61. The molecule has 2 aromatic rings. The molecule has 3 nitrogen and oxygen atoms in total. The van der Waals surface area contributed by atoms with E-state index >= 15 is 0 Å². The van der Waals surface area contributed by atoms with E-state index in [4.69, 9.17) is 0 Å². The number of hydrogen-bond acceptors (Lipinski definition) is 2. The molecule has 0 unspecified atom stereocenters. The first-order valence-electron chi connectivity index (χ1n) is 6.19. The van der Waals surface area contributed by atoms with E-state index in [1.54, 1.807) is 6.20 Å². The highest BCUT2D eigenvalue weighted by molar-refractivity contribution is 6.08. The molecule has 1 aromatic carbocycles. The van der Waals surface area contributed by atoms with Crippen LogP contribution in [-0.4, -0.2) is 10.9 Å². The van der Waals surface area contributed by atoms with E-state index in [-0.39, 0.29) is 5.91 Å². The lowest BCUT2D eigenvalue weighted by atomic mass is 10.1. The fourth-order valence-corrected chi connectivity index (χ4v) is 2.28. The van der Waals surface area contributed by atoms with E-state index in [2.05, 4.69) is 10.3 Å². The number of benzene rings is 1. The summed E-state index contributed by atoms with van der Waals surface area (Å²) in [4.78, 5) is 16.4. The lowest BCUT2D eigenvalue weighted by Gasteiger charge is -2.08. The molecule has 1 heterocycles. The van der Waals surface area contributed by atoms with E-state index in [0.29, 0.717) is 0 Å². The molecule has 1 N–H and O–H groups in total. The number of fused-ring (bicyclic) bond motifs is 1. The number of carbonyl (C=O) groups excluding carboxylic acids is 1. The molecule has 0 atom stereocenters. The van der Waals surface area contributed by atoms with Gasteiger partial charge in [-0.1, -0.05) is 24.3 Å². The molecule has 1 aliphatic rings. The number of nitrogens with zero attached hydrogens (tertiary/aromatic N) is 1. The number of amides is 1. The molecular weight excluding hydrogens is 224 g/mol. The molecule has 18 heavy (non-hydrogen) atoms. The van der Waals surface area contributed by atoms with Crippen LogP contribution in [0.15, 0.2) is 48.2 Å². The summed E-state index contributed by atoms with van der Waals surface area (Å²) in [6.07, 6.45) is 6.73. The van der Waals surface area contributed by atoms with Gasteiger partial charge in [-0.15, -0.1) is 0 Å². The van der Waals surface area contributed by atoms with Crippen LogP contribution in [0.5, 0.6) is 0 Å². The molecule has 0 fully saturated rings. The summed E-state index contributed by atoms with van der Waals surface area (Å²) >= 11 is 0. The third kappa shape index (κ3) is 1.99. The highest BCUT2D eigenvalue weighted by Gasteiger charge is 2.14. The van der Waals surface area contributed by atoms with E-state index in [0.717, 1.165) is 41.4 Å². The van der Waals surface area contributed by atoms with E-state index in [1.165, 1.54) is 0 Å². The van der Waals surface area contributed by atoms with Crippen molar-refractivity contribution in [1.29, 1.82) is 0 Å². The Morgan fingerprint density at radius 1 is 1.22 bits per heavy atom. The maximum Gasteiger partial charge on any atom is 0.251 e. The van der Waals surface area contributed by atoms with Gasteiger partial charge in [-0.05, 0) is 31.4 Å². The Morgan fingerprint density at radius 3 is 2.94 bits per heavy atom. The van der Waals surface area contributed by atoms with Gasteiger partial charge in [0.25, 0.3) is 5.91 Å². The maximum absolute atomic E-state index is 12.1. The minimum absolute atomic E-state index is 0.00523. The Balaban J connectivity index is 1.93. The highest BCUT2D eigenvalue weighted by Crippen LogP contribution is 2.23. The molecule has 0 saturated carbocycles. The molecule has 3 heteroatoms. The molecule has 0 bridgehead atoms. The monoisotopic (exact) mass is 238 g/mol. The molecule has 1 amide bonds. The number of carbonyl (C=O) groups is 1. The van der Waals surface area contributed by atoms with Crippen LogP contribution >= 0.6 is 0 Å². The Bertz CT molecular complexity index is 626. The summed E-state index contributed by atoms with van der Waals surface area (Å²) in [6, 6.07) is 9.71. The van der Waals surface area contributed by atoms with Crippen molar-refractivity contribution < 1.29 is 4.79 Å². The summed E-state index contributed by atoms with van der Waals surface area (Å²) in [6.45, 7) is 0. The molecule has 1 aromatic heterocycles. The molecule has 90 valence electrons. The van der Waals surface area contributed by atoms with Crippen LogP contribution in [0, 0.1) is 0 Å². The molecule has 1 aliphatic carbocycles. The first kappa shape index (κ1) is 11.0. The SMILES string of the molecule is O=C(Nc1cccc2cccnc12)C1=CCCC1. The zero-order valence-electron chi connectivity index (χ0n) is 10.0. The van der Waals surface area contributed by atoms with Crippen molar-refractivity contribution in [2.24, 2.45) is 0 Å². The smallest absolute Gasteiger partial charge is 0.251 e. The van der Waals surface area contributed by atoms with Crippen LogP contribution in [-0.2, 0) is 4.79 Å². The van der Waals surface area contributed by atoms with Gasteiger partial charge in [0.1, 0.15) is 0 Å². The second-order valence-corrected chi connectivity index (χ2v) is 4.46. The molecule has 0 spiro atoms. The van der Waals surface area contributed by atoms with Gasteiger partial charge in [0.2, 0.25) is 0 Å². The lowest BCUT2D eigenvalue weighted by molar-refractivity contribution is -0.112. The predicted molar refractivity (Wildman–Crippen MR) is 72.3 cm³/mol. The number of hydrogen-bond donors (Lipinski definition) is 1. The first-order chi connectivity index (χ1) is 8.84. The number of anilines is 1. The molecule has 0 radical (unpaired) electrons. The summed E-state index contributed by atoms with van der Waals surface area (Å²) < 4.78 is 0. The predicted octanol–water partition coefficient (Wildman–Crippen LogP) is 3.28. The fraction of sp³-hybridized carbons (Fsp3) is 0.200. The lowest BCUT2D eigenvalue weighted by Crippen LogP contribution is -2.13. The van der Waals surface area contributed by atoms with Crippen LogP contribution in [0.2, 0.25) is 0 Å². The third-order valence-electron chi connectivity index (χ3n) is 3.21. The van der Waals surface area contributed by atoms with Crippen molar-refractivity contribution in [2.75, 3.05) is 5.32 Å². The van der Waals surface area contributed by atoms with Gasteiger partial charge in [0.15, 0.2) is 0 Å². The fourth-order valence-electron chi connectivity index (χ4n) is 2.28. The Kier molecular flexibility index (Phi) is 2.81. The van der Waals surface area contributed by atoms with Crippen LogP contribution in [0.4, 0.5) is 5.69 Å². The third-order valence-corrected chi connectivity index (χ3v) is 3.21. The first-order valence-corrected chi connectivity index (χ1v) is 6.19.